The van der Waals surface area contributed by atoms with E-state index in [0.29, 0.717) is 35.8 Å². The Morgan fingerprint density at radius 3 is 2.53 bits per heavy atom. The van der Waals surface area contributed by atoms with Crippen LogP contribution in [0.1, 0.15) is 63.0 Å². The normalized spacial score (nSPS) is 27.1. The van der Waals surface area contributed by atoms with E-state index in [1.807, 2.05) is 17.0 Å². The Morgan fingerprint density at radius 1 is 1.03 bits per heavy atom. The van der Waals surface area contributed by atoms with Crippen molar-refractivity contribution in [1.29, 1.82) is 0 Å². The van der Waals surface area contributed by atoms with Crippen LogP contribution in [0.4, 0.5) is 0 Å². The molecule has 9 heteroatoms. The molecule has 1 aliphatic carbocycles. The lowest BCUT2D eigenvalue weighted by atomic mass is 9.85. The molecule has 36 heavy (non-hydrogen) atoms. The second-order valence-electron chi connectivity index (χ2n) is 10.5. The first-order valence-electron chi connectivity index (χ1n) is 12.9. The molecular weight excluding hydrogens is 458 g/mol. The number of aromatic nitrogens is 2. The molecule has 3 aliphatic rings. The van der Waals surface area contributed by atoms with Crippen molar-refractivity contribution in [2.24, 2.45) is 24.6 Å². The van der Waals surface area contributed by atoms with Gasteiger partial charge in [-0.25, -0.2) is 4.79 Å². The van der Waals surface area contributed by atoms with Crippen LogP contribution in [0.2, 0.25) is 0 Å². The number of fused-ring (bicyclic) bond motifs is 1. The summed E-state index contributed by atoms with van der Waals surface area (Å²) in [7, 11) is 1.67. The van der Waals surface area contributed by atoms with E-state index in [1.165, 1.54) is 9.13 Å². The van der Waals surface area contributed by atoms with Crippen LogP contribution in [0.3, 0.4) is 0 Å². The topological polar surface area (TPSA) is 119 Å². The highest BCUT2D eigenvalue weighted by atomic mass is 16.2. The van der Waals surface area contributed by atoms with Crippen LogP contribution in [0, 0.1) is 23.7 Å². The fraction of sp³-hybridized carbons (Fsp3) is 0.556. The molecule has 2 aromatic rings. The lowest BCUT2D eigenvalue weighted by Crippen LogP contribution is -2.44. The zero-order chi connectivity index (χ0) is 25.4. The van der Waals surface area contributed by atoms with Gasteiger partial charge in [0.2, 0.25) is 17.7 Å². The Kier molecular flexibility index (Phi) is 6.71. The van der Waals surface area contributed by atoms with Gasteiger partial charge in [0, 0.05) is 50.5 Å². The van der Waals surface area contributed by atoms with Crippen molar-refractivity contribution < 1.29 is 14.4 Å². The summed E-state index contributed by atoms with van der Waals surface area (Å²) in [4.78, 5) is 51.6. The maximum absolute atomic E-state index is 12.9. The number of carbonyl (C=O) groups excluding carboxylic acids is 3. The van der Waals surface area contributed by atoms with Gasteiger partial charge in [-0.3, -0.25) is 28.8 Å². The Hall–Kier alpha value is -3.38. The van der Waals surface area contributed by atoms with Gasteiger partial charge in [0.1, 0.15) is 6.04 Å². The Balaban J connectivity index is 1.28. The summed E-state index contributed by atoms with van der Waals surface area (Å²) in [5.41, 5.74) is 7.77. The molecule has 1 aromatic carbocycles. The quantitative estimate of drug-likeness (QED) is 0.497. The molecule has 1 saturated carbocycles. The van der Waals surface area contributed by atoms with E-state index in [2.05, 4.69) is 17.2 Å². The second kappa shape index (κ2) is 9.94. The molecule has 3 N–H and O–H groups in total. The highest BCUT2D eigenvalue weighted by Gasteiger charge is 2.31. The van der Waals surface area contributed by atoms with Crippen molar-refractivity contribution in [3.63, 3.8) is 0 Å². The van der Waals surface area contributed by atoms with Gasteiger partial charge < -0.3 is 10.6 Å². The number of nitrogens with two attached hydrogens (primary N) is 1. The molecule has 0 radical (unpaired) electrons. The van der Waals surface area contributed by atoms with Gasteiger partial charge in [-0.05, 0) is 62.6 Å². The van der Waals surface area contributed by atoms with E-state index >= 15 is 0 Å². The summed E-state index contributed by atoms with van der Waals surface area (Å²) in [6.07, 6.45) is 6.10. The van der Waals surface area contributed by atoms with E-state index in [4.69, 9.17) is 5.73 Å². The second-order valence-corrected chi connectivity index (χ2v) is 10.5. The molecule has 9 nitrogen and oxygen atoms in total. The molecule has 2 atom stereocenters. The van der Waals surface area contributed by atoms with Crippen LogP contribution < -0.4 is 16.7 Å². The van der Waals surface area contributed by atoms with Crippen molar-refractivity contribution >= 4 is 28.8 Å². The fourth-order valence-electron chi connectivity index (χ4n) is 5.73. The van der Waals surface area contributed by atoms with E-state index in [-0.39, 0.29) is 29.8 Å². The van der Waals surface area contributed by atoms with Gasteiger partial charge in [-0.15, -0.1) is 0 Å². The number of hydrogen-bond donors (Lipinski definition) is 2. The van der Waals surface area contributed by atoms with Gasteiger partial charge in [0.15, 0.2) is 0 Å². The predicted molar refractivity (Wildman–Crippen MR) is 135 cm³/mol. The van der Waals surface area contributed by atoms with E-state index in [1.54, 1.807) is 13.1 Å². The first-order valence-corrected chi connectivity index (χ1v) is 12.9. The van der Waals surface area contributed by atoms with Gasteiger partial charge in [0.25, 0.3) is 0 Å². The summed E-state index contributed by atoms with van der Waals surface area (Å²) >= 11 is 0. The fourth-order valence-corrected chi connectivity index (χ4v) is 5.73. The third-order valence-corrected chi connectivity index (χ3v) is 7.92. The largest absolute Gasteiger partial charge is 0.342 e. The third-order valence-electron chi connectivity index (χ3n) is 7.92. The Labute approximate surface area is 210 Å². The average Bonchev–Trinajstić information content (AvgIpc) is 3.10. The molecular formula is C27H33N5O4. The first-order chi connectivity index (χ1) is 17.3. The number of piperidine rings is 2. The van der Waals surface area contributed by atoms with Crippen LogP contribution in [0.15, 0.2) is 23.0 Å². The number of amides is 3. The minimum absolute atomic E-state index is 0.0149. The predicted octanol–water partition coefficient (Wildman–Crippen LogP) is 1.43. The first kappa shape index (κ1) is 24.3. The average molecular weight is 492 g/mol. The molecule has 0 bridgehead atoms. The molecule has 2 saturated heterocycles. The minimum Gasteiger partial charge on any atom is -0.342 e. The Morgan fingerprint density at radius 2 is 1.81 bits per heavy atom. The van der Waals surface area contributed by atoms with Crippen molar-refractivity contribution in [1.82, 2.24) is 19.4 Å². The van der Waals surface area contributed by atoms with E-state index in [0.717, 1.165) is 50.8 Å². The summed E-state index contributed by atoms with van der Waals surface area (Å²) < 4.78 is 2.97. The number of imidazole rings is 1. The van der Waals surface area contributed by atoms with Gasteiger partial charge >= 0.3 is 5.69 Å². The molecule has 5 rings (SSSR count). The highest BCUT2D eigenvalue weighted by molar-refractivity contribution is 6.00. The van der Waals surface area contributed by atoms with Crippen molar-refractivity contribution in [3.8, 4) is 11.8 Å². The molecule has 3 fully saturated rings. The number of likely N-dealkylation sites (tertiary alicyclic amines) is 1. The number of carbonyl (C=O) groups is 3. The molecule has 190 valence electrons. The minimum atomic E-state index is -0.711. The van der Waals surface area contributed by atoms with Crippen molar-refractivity contribution in [3.05, 3.63) is 34.2 Å². The molecule has 3 heterocycles. The number of hydrogen-bond acceptors (Lipinski definition) is 5. The smallest absolute Gasteiger partial charge is 0.329 e. The summed E-state index contributed by atoms with van der Waals surface area (Å²) in [6, 6.07) is 5.08. The number of imide groups is 1. The van der Waals surface area contributed by atoms with E-state index < -0.39 is 11.9 Å². The highest BCUT2D eigenvalue weighted by Crippen LogP contribution is 2.27. The summed E-state index contributed by atoms with van der Waals surface area (Å²) in [6.45, 7) is 1.57. The zero-order valence-corrected chi connectivity index (χ0v) is 20.7. The van der Waals surface area contributed by atoms with Gasteiger partial charge in [0.05, 0.1) is 11.0 Å². The van der Waals surface area contributed by atoms with Crippen LogP contribution >= 0.6 is 0 Å². The molecule has 1 aromatic heterocycles. The van der Waals surface area contributed by atoms with Crippen LogP contribution in [-0.4, -0.2) is 50.9 Å². The number of nitrogens with one attached hydrogen (secondary N) is 1. The van der Waals surface area contributed by atoms with Crippen molar-refractivity contribution in [2.75, 3.05) is 13.1 Å². The summed E-state index contributed by atoms with van der Waals surface area (Å²) in [5.74, 6) is 6.45. The summed E-state index contributed by atoms with van der Waals surface area (Å²) in [5, 5.41) is 2.32. The Bertz CT molecular complexity index is 1320. The number of aryl methyl sites for hydroxylation is 1. The third kappa shape index (κ3) is 4.82. The zero-order valence-electron chi connectivity index (χ0n) is 20.7. The van der Waals surface area contributed by atoms with E-state index in [9.17, 15) is 19.2 Å². The van der Waals surface area contributed by atoms with Crippen LogP contribution in [0.5, 0.6) is 0 Å². The number of nitrogens with zero attached hydrogens (tertiary/aromatic N) is 3. The van der Waals surface area contributed by atoms with Gasteiger partial charge in [-0.2, -0.15) is 0 Å². The monoisotopic (exact) mass is 491 g/mol. The van der Waals surface area contributed by atoms with Crippen LogP contribution in [-0.2, 0) is 21.4 Å². The molecule has 3 amide bonds. The molecule has 2 aliphatic heterocycles. The molecule has 2 unspecified atom stereocenters. The van der Waals surface area contributed by atoms with Crippen LogP contribution in [0.25, 0.3) is 11.0 Å². The lowest BCUT2D eigenvalue weighted by molar-refractivity contribution is -0.136. The van der Waals surface area contributed by atoms with Gasteiger partial charge in [-0.1, -0.05) is 11.8 Å². The number of rotatable bonds is 3. The maximum atomic E-state index is 12.9. The lowest BCUT2D eigenvalue weighted by Gasteiger charge is -2.35. The van der Waals surface area contributed by atoms with Crippen molar-refractivity contribution in [2.45, 2.75) is 63.5 Å². The number of benzene rings is 1. The SMILES string of the molecule is Cn1c(=O)n(C2CCC(=O)NC2=O)c2ccc(C#CC3CCN(CC4CCC(N)CC4)C(=O)C3)cc21. The maximum Gasteiger partial charge on any atom is 0.329 e. The standard InChI is InChI=1S/C27H33N5O4/c1-30-23-14-17(6-9-21(23)32(27(30)36)22-10-11-24(33)29-26(22)35)2-3-18-12-13-31(25(34)15-18)16-19-4-7-20(28)8-5-19/h6,9,14,18-20,22H,4-5,7-8,10-13,15-16,28H2,1H3,(H,29,33,35). The molecule has 0 spiro atoms.